The van der Waals surface area contributed by atoms with Crippen LogP contribution >= 0.6 is 11.6 Å². The third-order valence-electron chi connectivity index (χ3n) is 2.84. The van der Waals surface area contributed by atoms with E-state index in [9.17, 15) is 4.79 Å². The summed E-state index contributed by atoms with van der Waals surface area (Å²) in [6.45, 7) is 0.743. The molecule has 0 spiro atoms. The fraction of sp³-hybridized carbons (Fsp3) is 0.462. The lowest BCUT2D eigenvalue weighted by molar-refractivity contribution is 0.0982. The van der Waals surface area contributed by atoms with Crippen LogP contribution in [0.2, 0.25) is 5.02 Å². The molecular weight excluding hydrogens is 238 g/mol. The Bertz CT molecular complexity index is 416. The fourth-order valence-corrected chi connectivity index (χ4v) is 1.92. The van der Waals surface area contributed by atoms with Crippen LogP contribution in [0, 0.1) is 0 Å². The van der Waals surface area contributed by atoms with Gasteiger partial charge in [-0.1, -0.05) is 11.6 Å². The van der Waals surface area contributed by atoms with E-state index in [1.807, 2.05) is 0 Å². The minimum Gasteiger partial charge on any atom is -0.495 e. The topological polar surface area (TPSA) is 38.3 Å². The average molecular weight is 254 g/mol. The first-order valence-corrected chi connectivity index (χ1v) is 6.18. The first kappa shape index (κ1) is 12.4. The third kappa shape index (κ3) is 3.45. The van der Waals surface area contributed by atoms with Crippen LogP contribution in [-0.2, 0) is 0 Å². The zero-order valence-electron chi connectivity index (χ0n) is 9.83. The van der Waals surface area contributed by atoms with Crippen LogP contribution in [-0.4, -0.2) is 25.5 Å². The molecule has 1 aliphatic rings. The Morgan fingerprint density at radius 1 is 1.53 bits per heavy atom. The molecule has 0 aromatic heterocycles. The second-order valence-corrected chi connectivity index (χ2v) is 4.66. The Labute approximate surface area is 106 Å². The van der Waals surface area contributed by atoms with E-state index < -0.39 is 0 Å². The van der Waals surface area contributed by atoms with Crippen LogP contribution < -0.4 is 10.1 Å². The summed E-state index contributed by atoms with van der Waals surface area (Å²) in [6, 6.07) is 5.79. The number of rotatable bonds is 6. The van der Waals surface area contributed by atoms with Gasteiger partial charge in [0.25, 0.3) is 0 Å². The summed E-state index contributed by atoms with van der Waals surface area (Å²) in [7, 11) is 1.56. The molecular formula is C13H16ClNO2. The molecule has 1 aliphatic carbocycles. The number of halogens is 1. The number of benzene rings is 1. The highest BCUT2D eigenvalue weighted by Gasteiger charge is 2.20. The van der Waals surface area contributed by atoms with Crippen molar-refractivity contribution in [1.29, 1.82) is 0 Å². The maximum absolute atomic E-state index is 11.9. The predicted molar refractivity (Wildman–Crippen MR) is 68.0 cm³/mol. The van der Waals surface area contributed by atoms with Crippen LogP contribution in [0.3, 0.4) is 0 Å². The SMILES string of the molecule is COc1ccc(C(=O)CCNC2CC2)cc1Cl. The monoisotopic (exact) mass is 253 g/mol. The summed E-state index contributed by atoms with van der Waals surface area (Å²) >= 11 is 5.98. The average Bonchev–Trinajstić information content (AvgIpc) is 3.13. The van der Waals surface area contributed by atoms with Crippen LogP contribution in [0.5, 0.6) is 5.75 Å². The third-order valence-corrected chi connectivity index (χ3v) is 3.13. The highest BCUT2D eigenvalue weighted by atomic mass is 35.5. The molecule has 1 N–H and O–H groups in total. The lowest BCUT2D eigenvalue weighted by Crippen LogP contribution is -2.20. The van der Waals surface area contributed by atoms with Gasteiger partial charge in [-0.3, -0.25) is 4.79 Å². The smallest absolute Gasteiger partial charge is 0.164 e. The molecule has 2 rings (SSSR count). The highest BCUT2D eigenvalue weighted by Crippen LogP contribution is 2.25. The molecule has 1 aromatic carbocycles. The number of ketones is 1. The van der Waals surface area contributed by atoms with Crippen LogP contribution in [0.15, 0.2) is 18.2 Å². The zero-order chi connectivity index (χ0) is 12.3. The minimum atomic E-state index is 0.114. The van der Waals surface area contributed by atoms with E-state index in [1.165, 1.54) is 12.8 Å². The van der Waals surface area contributed by atoms with Crippen molar-refractivity contribution in [3.05, 3.63) is 28.8 Å². The summed E-state index contributed by atoms with van der Waals surface area (Å²) in [6.07, 6.45) is 2.99. The van der Waals surface area contributed by atoms with E-state index in [1.54, 1.807) is 25.3 Å². The van der Waals surface area contributed by atoms with Gasteiger partial charge in [0.05, 0.1) is 12.1 Å². The zero-order valence-corrected chi connectivity index (χ0v) is 10.6. The van der Waals surface area contributed by atoms with Crippen LogP contribution in [0.4, 0.5) is 0 Å². The van der Waals surface area contributed by atoms with Crippen molar-refractivity contribution in [3.8, 4) is 5.75 Å². The van der Waals surface area contributed by atoms with Crippen LogP contribution in [0.25, 0.3) is 0 Å². The summed E-state index contributed by atoms with van der Waals surface area (Å²) in [5.41, 5.74) is 0.647. The van der Waals surface area contributed by atoms with Crippen LogP contribution in [0.1, 0.15) is 29.6 Å². The Morgan fingerprint density at radius 2 is 2.29 bits per heavy atom. The van der Waals surface area contributed by atoms with Gasteiger partial charge in [-0.25, -0.2) is 0 Å². The normalized spacial score (nSPS) is 14.7. The Morgan fingerprint density at radius 3 is 2.88 bits per heavy atom. The molecule has 0 unspecified atom stereocenters. The van der Waals surface area contributed by atoms with Gasteiger partial charge in [-0.15, -0.1) is 0 Å². The van der Waals surface area contributed by atoms with Gasteiger partial charge in [0.15, 0.2) is 5.78 Å². The van der Waals surface area contributed by atoms with Crippen molar-refractivity contribution in [2.24, 2.45) is 0 Å². The van der Waals surface area contributed by atoms with Gasteiger partial charge in [0, 0.05) is 24.6 Å². The van der Waals surface area contributed by atoms with Gasteiger partial charge < -0.3 is 10.1 Å². The number of Topliss-reactive ketones (excluding diaryl/α,β-unsaturated/α-hetero) is 1. The molecule has 0 saturated heterocycles. The number of methoxy groups -OCH3 is 1. The Balaban J connectivity index is 1.90. The first-order valence-electron chi connectivity index (χ1n) is 5.81. The molecule has 0 atom stereocenters. The maximum atomic E-state index is 11.9. The summed E-state index contributed by atoms with van der Waals surface area (Å²) in [5, 5.41) is 3.80. The van der Waals surface area contributed by atoms with Crippen molar-refractivity contribution >= 4 is 17.4 Å². The molecule has 17 heavy (non-hydrogen) atoms. The summed E-state index contributed by atoms with van der Waals surface area (Å²) < 4.78 is 5.04. The molecule has 0 bridgehead atoms. The molecule has 4 heteroatoms. The number of carbonyl (C=O) groups is 1. The van der Waals surface area contributed by atoms with Gasteiger partial charge in [-0.2, -0.15) is 0 Å². The van der Waals surface area contributed by atoms with E-state index in [0.717, 1.165) is 6.54 Å². The first-order chi connectivity index (χ1) is 8.20. The van der Waals surface area contributed by atoms with Crippen molar-refractivity contribution in [1.82, 2.24) is 5.32 Å². The van der Waals surface area contributed by atoms with Gasteiger partial charge in [-0.05, 0) is 31.0 Å². The van der Waals surface area contributed by atoms with E-state index >= 15 is 0 Å². The van der Waals surface area contributed by atoms with E-state index in [4.69, 9.17) is 16.3 Å². The van der Waals surface area contributed by atoms with Gasteiger partial charge in [0.1, 0.15) is 5.75 Å². The van der Waals surface area contributed by atoms with E-state index in [-0.39, 0.29) is 5.78 Å². The van der Waals surface area contributed by atoms with Gasteiger partial charge in [0.2, 0.25) is 0 Å². The second-order valence-electron chi connectivity index (χ2n) is 4.25. The van der Waals surface area contributed by atoms with Crippen molar-refractivity contribution in [2.45, 2.75) is 25.3 Å². The highest BCUT2D eigenvalue weighted by molar-refractivity contribution is 6.32. The molecule has 1 fully saturated rings. The summed E-state index contributed by atoms with van der Waals surface area (Å²) in [4.78, 5) is 11.9. The standard InChI is InChI=1S/C13H16ClNO2/c1-17-13-5-2-9(8-11(13)14)12(16)6-7-15-10-3-4-10/h2,5,8,10,15H,3-4,6-7H2,1H3. The molecule has 1 aromatic rings. The molecule has 0 radical (unpaired) electrons. The molecule has 0 heterocycles. The van der Waals surface area contributed by atoms with Crippen molar-refractivity contribution in [3.63, 3.8) is 0 Å². The molecule has 3 nitrogen and oxygen atoms in total. The number of carbonyl (C=O) groups excluding carboxylic acids is 1. The van der Waals surface area contributed by atoms with Gasteiger partial charge >= 0.3 is 0 Å². The number of hydrogen-bond acceptors (Lipinski definition) is 3. The molecule has 1 saturated carbocycles. The molecule has 0 aliphatic heterocycles. The fourth-order valence-electron chi connectivity index (χ4n) is 1.66. The maximum Gasteiger partial charge on any atom is 0.164 e. The lowest BCUT2D eigenvalue weighted by atomic mass is 10.1. The quantitative estimate of drug-likeness (QED) is 0.793. The minimum absolute atomic E-state index is 0.114. The largest absolute Gasteiger partial charge is 0.495 e. The van der Waals surface area contributed by atoms with E-state index in [2.05, 4.69) is 5.32 Å². The Hall–Kier alpha value is -1.06. The van der Waals surface area contributed by atoms with Crippen molar-refractivity contribution in [2.75, 3.05) is 13.7 Å². The molecule has 0 amide bonds. The summed E-state index contributed by atoms with van der Waals surface area (Å²) in [5.74, 6) is 0.710. The van der Waals surface area contributed by atoms with Crippen molar-refractivity contribution < 1.29 is 9.53 Å². The Kier molecular flexibility index (Phi) is 4.02. The number of ether oxygens (including phenoxy) is 1. The second kappa shape index (κ2) is 5.52. The van der Waals surface area contributed by atoms with E-state index in [0.29, 0.717) is 28.8 Å². The lowest BCUT2D eigenvalue weighted by Gasteiger charge is -2.06. The predicted octanol–water partition coefficient (Wildman–Crippen LogP) is 2.67. The molecule has 92 valence electrons. The number of hydrogen-bond donors (Lipinski definition) is 1. The number of nitrogens with one attached hydrogen (secondary N) is 1.